The molecular formula is C24H25N3O6. The maximum atomic E-state index is 13.6. The van der Waals surface area contributed by atoms with Gasteiger partial charge in [-0.15, -0.1) is 0 Å². The van der Waals surface area contributed by atoms with Crippen molar-refractivity contribution < 1.29 is 24.0 Å². The average molecular weight is 451 g/mol. The molecule has 0 bridgehead atoms. The van der Waals surface area contributed by atoms with E-state index < -0.39 is 16.7 Å². The number of ether oxygens (including phenoxy) is 2. The molecule has 1 fully saturated rings. The van der Waals surface area contributed by atoms with E-state index in [4.69, 9.17) is 9.47 Å². The number of carbonyl (C=O) groups is 2. The molecule has 2 heterocycles. The smallest absolute Gasteiger partial charge is 0.282 e. The summed E-state index contributed by atoms with van der Waals surface area (Å²) >= 11 is 0. The van der Waals surface area contributed by atoms with Crippen molar-refractivity contribution in [1.82, 2.24) is 4.90 Å². The molecule has 0 atom stereocenters. The minimum Gasteiger partial charge on any atom is -0.493 e. The van der Waals surface area contributed by atoms with E-state index in [9.17, 15) is 19.7 Å². The third-order valence-corrected chi connectivity index (χ3v) is 6.15. The molecule has 2 aliphatic heterocycles. The van der Waals surface area contributed by atoms with Gasteiger partial charge in [-0.3, -0.25) is 19.7 Å². The summed E-state index contributed by atoms with van der Waals surface area (Å²) in [5.41, 5.74) is 1.33. The van der Waals surface area contributed by atoms with E-state index in [1.165, 1.54) is 38.5 Å². The van der Waals surface area contributed by atoms with Crippen LogP contribution >= 0.6 is 0 Å². The van der Waals surface area contributed by atoms with Gasteiger partial charge in [-0.2, -0.15) is 0 Å². The van der Waals surface area contributed by atoms with Gasteiger partial charge in [0.15, 0.2) is 11.5 Å². The molecule has 4 rings (SSSR count). The van der Waals surface area contributed by atoms with Crippen LogP contribution in [-0.2, 0) is 9.59 Å². The van der Waals surface area contributed by atoms with Crippen molar-refractivity contribution in [3.8, 4) is 11.5 Å². The zero-order chi connectivity index (χ0) is 23.7. The predicted molar refractivity (Wildman–Crippen MR) is 122 cm³/mol. The number of non-ortho nitro benzene ring substituents is 1. The van der Waals surface area contributed by atoms with Crippen molar-refractivity contribution in [2.75, 3.05) is 32.2 Å². The largest absolute Gasteiger partial charge is 0.493 e. The molecule has 0 N–H and O–H groups in total. The van der Waals surface area contributed by atoms with Crippen LogP contribution < -0.4 is 14.4 Å². The number of likely N-dealkylation sites (tertiary alicyclic amines) is 1. The van der Waals surface area contributed by atoms with E-state index in [-0.39, 0.29) is 11.3 Å². The lowest BCUT2D eigenvalue weighted by molar-refractivity contribution is -0.384. The molecule has 9 heteroatoms. The second kappa shape index (κ2) is 8.93. The van der Waals surface area contributed by atoms with Crippen LogP contribution in [0.1, 0.15) is 25.3 Å². The van der Waals surface area contributed by atoms with Gasteiger partial charge in [0.05, 0.1) is 30.4 Å². The molecule has 0 spiro atoms. The van der Waals surface area contributed by atoms with Crippen LogP contribution in [0.4, 0.5) is 11.4 Å². The van der Waals surface area contributed by atoms with E-state index in [1.54, 1.807) is 18.2 Å². The highest BCUT2D eigenvalue weighted by molar-refractivity contribution is 6.45. The van der Waals surface area contributed by atoms with Crippen molar-refractivity contribution in [1.29, 1.82) is 0 Å². The number of piperidine rings is 1. The normalized spacial score (nSPS) is 17.1. The van der Waals surface area contributed by atoms with E-state index in [2.05, 4.69) is 6.92 Å². The Labute approximate surface area is 191 Å². The Kier molecular flexibility index (Phi) is 6.04. The highest BCUT2D eigenvalue weighted by Gasteiger charge is 2.43. The Morgan fingerprint density at radius 2 is 1.58 bits per heavy atom. The molecule has 0 unspecified atom stereocenters. The first-order chi connectivity index (χ1) is 15.8. The fourth-order valence-corrected chi connectivity index (χ4v) is 4.25. The maximum absolute atomic E-state index is 13.6. The van der Waals surface area contributed by atoms with E-state index in [0.717, 1.165) is 17.7 Å². The Bertz CT molecular complexity index is 1130. The summed E-state index contributed by atoms with van der Waals surface area (Å²) in [7, 11) is 2.99. The van der Waals surface area contributed by atoms with Crippen molar-refractivity contribution in [3.05, 3.63) is 63.8 Å². The summed E-state index contributed by atoms with van der Waals surface area (Å²) in [6.45, 7) is 3.48. The van der Waals surface area contributed by atoms with Crippen LogP contribution in [0.3, 0.4) is 0 Å². The first-order valence-electron chi connectivity index (χ1n) is 10.7. The highest BCUT2D eigenvalue weighted by Crippen LogP contribution is 2.39. The summed E-state index contributed by atoms with van der Waals surface area (Å²) < 4.78 is 10.6. The number of rotatable bonds is 6. The molecule has 0 radical (unpaired) electrons. The molecule has 2 amide bonds. The number of imide groups is 1. The maximum Gasteiger partial charge on any atom is 0.282 e. The molecule has 2 aliphatic rings. The number of hydrogen-bond acceptors (Lipinski definition) is 7. The summed E-state index contributed by atoms with van der Waals surface area (Å²) in [6, 6.07) is 10.6. The average Bonchev–Trinajstić information content (AvgIpc) is 3.09. The van der Waals surface area contributed by atoms with Gasteiger partial charge in [-0.05, 0) is 48.6 Å². The summed E-state index contributed by atoms with van der Waals surface area (Å²) in [6.07, 6.45) is 1.82. The molecule has 0 aliphatic carbocycles. The molecule has 0 saturated carbocycles. The Balaban J connectivity index is 1.80. The second-order valence-electron chi connectivity index (χ2n) is 8.18. The minimum atomic E-state index is -0.497. The van der Waals surface area contributed by atoms with Crippen molar-refractivity contribution >= 4 is 28.8 Å². The standard InChI is InChI=1S/C24H25N3O6/c1-15-10-12-25(13-11-15)22-21(16-4-6-17(7-5-16)27(30)31)23(28)26(24(22)29)18-8-9-19(32-2)20(14-18)33-3/h4-9,14-15H,10-13H2,1-3H3. The van der Waals surface area contributed by atoms with Gasteiger partial charge in [0.25, 0.3) is 17.5 Å². The molecule has 2 aromatic rings. The first kappa shape index (κ1) is 22.3. The van der Waals surface area contributed by atoms with Crippen LogP contribution in [0.2, 0.25) is 0 Å². The van der Waals surface area contributed by atoms with Gasteiger partial charge in [0.2, 0.25) is 0 Å². The number of nitro groups is 1. The third-order valence-electron chi connectivity index (χ3n) is 6.15. The number of hydrogen-bond donors (Lipinski definition) is 0. The summed E-state index contributed by atoms with van der Waals surface area (Å²) in [5, 5.41) is 11.1. The number of amides is 2. The fourth-order valence-electron chi connectivity index (χ4n) is 4.25. The van der Waals surface area contributed by atoms with Gasteiger partial charge in [0.1, 0.15) is 5.70 Å². The number of anilines is 1. The molecule has 172 valence electrons. The van der Waals surface area contributed by atoms with E-state index in [0.29, 0.717) is 47.5 Å². The first-order valence-corrected chi connectivity index (χ1v) is 10.7. The fraction of sp³-hybridized carbons (Fsp3) is 0.333. The number of nitro benzene ring substituents is 1. The Hall–Kier alpha value is -3.88. The topological polar surface area (TPSA) is 102 Å². The lowest BCUT2D eigenvalue weighted by atomic mass is 9.97. The quantitative estimate of drug-likeness (QED) is 0.375. The van der Waals surface area contributed by atoms with Crippen molar-refractivity contribution in [2.45, 2.75) is 19.8 Å². The molecule has 33 heavy (non-hydrogen) atoms. The number of methoxy groups -OCH3 is 2. The van der Waals surface area contributed by atoms with Gasteiger partial charge < -0.3 is 14.4 Å². The SMILES string of the molecule is COc1ccc(N2C(=O)C(c3ccc([N+](=O)[O-])cc3)=C(N3CCC(C)CC3)C2=O)cc1OC. The summed E-state index contributed by atoms with van der Waals surface area (Å²) in [4.78, 5) is 40.9. The zero-order valence-corrected chi connectivity index (χ0v) is 18.7. The molecular weight excluding hydrogens is 426 g/mol. The monoisotopic (exact) mass is 451 g/mol. The van der Waals surface area contributed by atoms with Gasteiger partial charge in [-0.1, -0.05) is 6.92 Å². The molecule has 0 aromatic heterocycles. The van der Waals surface area contributed by atoms with Crippen molar-refractivity contribution in [2.24, 2.45) is 5.92 Å². The summed E-state index contributed by atoms with van der Waals surface area (Å²) in [5.74, 6) is 0.519. The Morgan fingerprint density at radius 1 is 0.939 bits per heavy atom. The van der Waals surface area contributed by atoms with Crippen LogP contribution in [0.5, 0.6) is 11.5 Å². The molecule has 9 nitrogen and oxygen atoms in total. The number of carbonyl (C=O) groups excluding carboxylic acids is 2. The highest BCUT2D eigenvalue weighted by atomic mass is 16.6. The predicted octanol–water partition coefficient (Wildman–Crippen LogP) is 3.63. The number of benzene rings is 2. The van der Waals surface area contributed by atoms with Crippen LogP contribution in [0, 0.1) is 16.0 Å². The van der Waals surface area contributed by atoms with Gasteiger partial charge in [-0.25, -0.2) is 4.90 Å². The van der Waals surface area contributed by atoms with Crippen LogP contribution in [0.25, 0.3) is 5.57 Å². The van der Waals surface area contributed by atoms with E-state index >= 15 is 0 Å². The minimum absolute atomic E-state index is 0.0822. The Morgan fingerprint density at radius 3 is 2.15 bits per heavy atom. The lowest BCUT2D eigenvalue weighted by Crippen LogP contribution is -2.38. The second-order valence-corrected chi connectivity index (χ2v) is 8.18. The zero-order valence-electron chi connectivity index (χ0n) is 18.7. The van der Waals surface area contributed by atoms with Crippen molar-refractivity contribution in [3.63, 3.8) is 0 Å². The lowest BCUT2D eigenvalue weighted by Gasteiger charge is -2.32. The van der Waals surface area contributed by atoms with Gasteiger partial charge >= 0.3 is 0 Å². The van der Waals surface area contributed by atoms with Crippen LogP contribution in [0.15, 0.2) is 48.2 Å². The third kappa shape index (κ3) is 4.02. The van der Waals surface area contributed by atoms with Gasteiger partial charge in [0, 0.05) is 31.3 Å². The van der Waals surface area contributed by atoms with Crippen LogP contribution in [-0.4, -0.2) is 48.9 Å². The molecule has 1 saturated heterocycles. The molecule has 2 aromatic carbocycles. The number of nitrogens with zero attached hydrogens (tertiary/aromatic N) is 3. The van der Waals surface area contributed by atoms with E-state index in [1.807, 2.05) is 4.90 Å².